The number of aryl methyl sites for hydroxylation is 2. The second-order valence-electron chi connectivity index (χ2n) is 6.82. The third-order valence-corrected chi connectivity index (χ3v) is 4.65. The third kappa shape index (κ3) is 4.34. The summed E-state index contributed by atoms with van der Waals surface area (Å²) in [6.07, 6.45) is 0.513. The molecule has 6 heteroatoms. The lowest BCUT2D eigenvalue weighted by Crippen LogP contribution is -2.21. The molecular formula is C21H22N2O4. The van der Waals surface area contributed by atoms with Crippen LogP contribution >= 0.6 is 0 Å². The zero-order valence-electron chi connectivity index (χ0n) is 15.5. The van der Waals surface area contributed by atoms with E-state index in [9.17, 15) is 14.4 Å². The summed E-state index contributed by atoms with van der Waals surface area (Å²) in [4.78, 5) is 36.4. The van der Waals surface area contributed by atoms with Crippen molar-refractivity contribution in [3.63, 3.8) is 0 Å². The maximum absolute atomic E-state index is 12.4. The molecule has 0 saturated heterocycles. The SMILES string of the molecule is COC(=O)c1cccc(NC(=O)C2CC2C(=O)Nc2ccc(C)cc2C)c1. The average molecular weight is 366 g/mol. The van der Waals surface area contributed by atoms with Crippen LogP contribution in [0, 0.1) is 25.7 Å². The van der Waals surface area contributed by atoms with Crippen LogP contribution in [0.25, 0.3) is 0 Å². The van der Waals surface area contributed by atoms with E-state index in [-0.39, 0.29) is 23.7 Å². The number of hydrogen-bond donors (Lipinski definition) is 2. The van der Waals surface area contributed by atoms with E-state index in [0.29, 0.717) is 17.7 Å². The Hall–Kier alpha value is -3.15. The molecule has 2 atom stereocenters. The largest absolute Gasteiger partial charge is 0.465 e. The number of rotatable bonds is 5. The summed E-state index contributed by atoms with van der Waals surface area (Å²) in [5.74, 6) is -1.54. The monoisotopic (exact) mass is 366 g/mol. The highest BCUT2D eigenvalue weighted by atomic mass is 16.5. The van der Waals surface area contributed by atoms with Crippen LogP contribution in [0.5, 0.6) is 0 Å². The number of carbonyl (C=O) groups is 3. The first kappa shape index (κ1) is 18.6. The van der Waals surface area contributed by atoms with Crippen molar-refractivity contribution in [3.8, 4) is 0 Å². The fourth-order valence-corrected chi connectivity index (χ4v) is 3.03. The normalized spacial score (nSPS) is 17.7. The highest BCUT2D eigenvalue weighted by Crippen LogP contribution is 2.40. The van der Waals surface area contributed by atoms with Gasteiger partial charge in [-0.15, -0.1) is 0 Å². The molecule has 1 aliphatic rings. The van der Waals surface area contributed by atoms with E-state index in [1.807, 2.05) is 32.0 Å². The number of amides is 2. The summed E-state index contributed by atoms with van der Waals surface area (Å²) in [5.41, 5.74) is 3.74. The summed E-state index contributed by atoms with van der Waals surface area (Å²) >= 11 is 0. The molecule has 0 spiro atoms. The molecule has 0 aliphatic heterocycles. The predicted molar refractivity (Wildman–Crippen MR) is 103 cm³/mol. The molecule has 6 nitrogen and oxygen atoms in total. The Bertz CT molecular complexity index is 907. The van der Waals surface area contributed by atoms with Crippen LogP contribution in [0.1, 0.15) is 27.9 Å². The van der Waals surface area contributed by atoms with Crippen LogP contribution in [-0.4, -0.2) is 24.9 Å². The van der Waals surface area contributed by atoms with Crippen molar-refractivity contribution < 1.29 is 19.1 Å². The molecule has 2 unspecified atom stereocenters. The van der Waals surface area contributed by atoms with E-state index in [0.717, 1.165) is 16.8 Å². The van der Waals surface area contributed by atoms with Gasteiger partial charge >= 0.3 is 5.97 Å². The van der Waals surface area contributed by atoms with E-state index in [4.69, 9.17) is 0 Å². The van der Waals surface area contributed by atoms with Crippen molar-refractivity contribution >= 4 is 29.2 Å². The van der Waals surface area contributed by atoms with Gasteiger partial charge in [-0.25, -0.2) is 4.79 Å². The van der Waals surface area contributed by atoms with Crippen LogP contribution in [0.2, 0.25) is 0 Å². The zero-order valence-corrected chi connectivity index (χ0v) is 15.5. The number of ether oxygens (including phenoxy) is 1. The van der Waals surface area contributed by atoms with Crippen molar-refractivity contribution in [3.05, 3.63) is 59.2 Å². The number of anilines is 2. The van der Waals surface area contributed by atoms with E-state index >= 15 is 0 Å². The van der Waals surface area contributed by atoms with Crippen molar-refractivity contribution in [1.82, 2.24) is 0 Å². The molecule has 1 aliphatic carbocycles. The first-order chi connectivity index (χ1) is 12.9. The molecule has 2 aromatic carbocycles. The van der Waals surface area contributed by atoms with Crippen LogP contribution in [0.3, 0.4) is 0 Å². The highest BCUT2D eigenvalue weighted by molar-refractivity contribution is 6.03. The molecule has 2 N–H and O–H groups in total. The van der Waals surface area contributed by atoms with Gasteiger partial charge in [-0.1, -0.05) is 23.8 Å². The van der Waals surface area contributed by atoms with E-state index < -0.39 is 5.97 Å². The molecule has 1 saturated carbocycles. The standard InChI is InChI=1S/C21H22N2O4/c1-12-7-8-18(13(2)9-12)23-20(25)17-11-16(17)19(24)22-15-6-4-5-14(10-15)21(26)27-3/h4-10,16-17H,11H2,1-3H3,(H,22,24)(H,23,25). The maximum Gasteiger partial charge on any atom is 0.337 e. The second-order valence-corrected chi connectivity index (χ2v) is 6.82. The van der Waals surface area contributed by atoms with Crippen LogP contribution in [-0.2, 0) is 14.3 Å². The van der Waals surface area contributed by atoms with Gasteiger partial charge in [0, 0.05) is 11.4 Å². The molecule has 0 aromatic heterocycles. The summed E-state index contributed by atoms with van der Waals surface area (Å²) in [5, 5.41) is 5.66. The minimum Gasteiger partial charge on any atom is -0.465 e. The van der Waals surface area contributed by atoms with Crippen molar-refractivity contribution in [1.29, 1.82) is 0 Å². The lowest BCUT2D eigenvalue weighted by molar-refractivity contribution is -0.122. The Morgan fingerprint density at radius 1 is 0.963 bits per heavy atom. The van der Waals surface area contributed by atoms with Gasteiger partial charge in [0.05, 0.1) is 24.5 Å². The van der Waals surface area contributed by atoms with Crippen molar-refractivity contribution in [2.75, 3.05) is 17.7 Å². The zero-order chi connectivity index (χ0) is 19.6. The van der Waals surface area contributed by atoms with Gasteiger partial charge in [0.25, 0.3) is 0 Å². The molecule has 0 radical (unpaired) electrons. The van der Waals surface area contributed by atoms with Gasteiger partial charge < -0.3 is 15.4 Å². The van der Waals surface area contributed by atoms with Gasteiger partial charge in [0.1, 0.15) is 0 Å². The van der Waals surface area contributed by atoms with Gasteiger partial charge in [-0.3, -0.25) is 9.59 Å². The molecule has 2 aromatic rings. The Morgan fingerprint density at radius 2 is 1.67 bits per heavy atom. The first-order valence-corrected chi connectivity index (χ1v) is 8.76. The fraction of sp³-hybridized carbons (Fsp3) is 0.286. The molecule has 0 bridgehead atoms. The minimum absolute atomic E-state index is 0.148. The van der Waals surface area contributed by atoms with E-state index in [1.165, 1.54) is 7.11 Å². The predicted octanol–water partition coefficient (Wildman–Crippen LogP) is 3.30. The molecule has 3 rings (SSSR count). The van der Waals surface area contributed by atoms with Crippen LogP contribution < -0.4 is 10.6 Å². The van der Waals surface area contributed by atoms with Crippen LogP contribution in [0.15, 0.2) is 42.5 Å². The lowest BCUT2D eigenvalue weighted by Gasteiger charge is -2.09. The van der Waals surface area contributed by atoms with Crippen LogP contribution in [0.4, 0.5) is 11.4 Å². The Kier molecular flexibility index (Phi) is 5.26. The summed E-state index contributed by atoms with van der Waals surface area (Å²) in [7, 11) is 1.30. The second kappa shape index (κ2) is 7.61. The molecule has 0 heterocycles. The fourth-order valence-electron chi connectivity index (χ4n) is 3.03. The lowest BCUT2D eigenvalue weighted by atomic mass is 10.1. The number of benzene rings is 2. The summed E-state index contributed by atoms with van der Waals surface area (Å²) in [6, 6.07) is 12.3. The quantitative estimate of drug-likeness (QED) is 0.795. The molecule has 140 valence electrons. The topological polar surface area (TPSA) is 84.5 Å². The number of methoxy groups -OCH3 is 1. The highest BCUT2D eigenvalue weighted by Gasteiger charge is 2.48. The number of hydrogen-bond acceptors (Lipinski definition) is 4. The van der Waals surface area contributed by atoms with E-state index in [2.05, 4.69) is 15.4 Å². The van der Waals surface area contributed by atoms with Gasteiger partial charge in [0.15, 0.2) is 0 Å². The molecule has 2 amide bonds. The summed E-state index contributed by atoms with van der Waals surface area (Å²) < 4.78 is 4.67. The third-order valence-electron chi connectivity index (χ3n) is 4.65. The van der Waals surface area contributed by atoms with Crippen molar-refractivity contribution in [2.45, 2.75) is 20.3 Å². The smallest absolute Gasteiger partial charge is 0.337 e. The van der Waals surface area contributed by atoms with Gasteiger partial charge in [0.2, 0.25) is 11.8 Å². The summed E-state index contributed by atoms with van der Waals surface area (Å²) in [6.45, 7) is 3.93. The Balaban J connectivity index is 1.58. The maximum atomic E-state index is 12.4. The number of carbonyl (C=O) groups excluding carboxylic acids is 3. The minimum atomic E-state index is -0.469. The first-order valence-electron chi connectivity index (χ1n) is 8.76. The number of esters is 1. The van der Waals surface area contributed by atoms with E-state index in [1.54, 1.807) is 24.3 Å². The molecule has 1 fully saturated rings. The average Bonchev–Trinajstić information content (AvgIpc) is 3.44. The van der Waals surface area contributed by atoms with Crippen molar-refractivity contribution in [2.24, 2.45) is 11.8 Å². The van der Waals surface area contributed by atoms with Gasteiger partial charge in [-0.2, -0.15) is 0 Å². The number of nitrogens with one attached hydrogen (secondary N) is 2. The Labute approximate surface area is 157 Å². The molecule has 27 heavy (non-hydrogen) atoms. The Morgan fingerprint density at radius 3 is 2.33 bits per heavy atom. The van der Waals surface area contributed by atoms with Gasteiger partial charge in [-0.05, 0) is 50.1 Å². The molecular weight excluding hydrogens is 344 g/mol.